The van der Waals surface area contributed by atoms with Gasteiger partial charge in [0.1, 0.15) is 17.8 Å². The zero-order chi connectivity index (χ0) is 22.0. The lowest BCUT2D eigenvalue weighted by molar-refractivity contribution is 0.394. The number of hydrogen-bond acceptors (Lipinski definition) is 7. The van der Waals surface area contributed by atoms with Crippen molar-refractivity contribution in [3.05, 3.63) is 59.4 Å². The molecule has 0 spiro atoms. The number of nitrogens with zero attached hydrogens (tertiary/aromatic N) is 4. The first kappa shape index (κ1) is 21.0. The van der Waals surface area contributed by atoms with Gasteiger partial charge in [0.25, 0.3) is 0 Å². The molecule has 2 N–H and O–H groups in total. The average molecular weight is 436 g/mol. The summed E-state index contributed by atoms with van der Waals surface area (Å²) in [4.78, 5) is 14.3. The number of aromatic nitrogens is 4. The standard InChI is InChI=1S/C23H25N5O2S/c1-14-5-6-15(2)16(11-14)9-10-28-22-20(21(24)25-13-26-22)27-23(28)31-19-12-17(29-3)7-8-18(19)30-4/h5-8,11-13H,9-10H2,1-4H3,(H2,24,25,26). The number of imidazole rings is 1. The van der Waals surface area contributed by atoms with Gasteiger partial charge in [0.2, 0.25) is 0 Å². The predicted molar refractivity (Wildman–Crippen MR) is 123 cm³/mol. The van der Waals surface area contributed by atoms with Crippen molar-refractivity contribution >= 4 is 28.7 Å². The van der Waals surface area contributed by atoms with Crippen molar-refractivity contribution < 1.29 is 9.47 Å². The largest absolute Gasteiger partial charge is 0.497 e. The summed E-state index contributed by atoms with van der Waals surface area (Å²) in [5.74, 6) is 1.87. The fourth-order valence-electron chi connectivity index (χ4n) is 3.48. The molecule has 2 aromatic carbocycles. The summed E-state index contributed by atoms with van der Waals surface area (Å²) >= 11 is 1.50. The van der Waals surface area contributed by atoms with Gasteiger partial charge in [-0.25, -0.2) is 15.0 Å². The Morgan fingerprint density at radius 2 is 1.87 bits per heavy atom. The number of nitrogen functional groups attached to an aromatic ring is 1. The van der Waals surface area contributed by atoms with Crippen molar-refractivity contribution in [3.8, 4) is 11.5 Å². The number of rotatable bonds is 7. The van der Waals surface area contributed by atoms with Crippen molar-refractivity contribution in [2.45, 2.75) is 36.9 Å². The molecule has 0 saturated carbocycles. The minimum Gasteiger partial charge on any atom is -0.497 e. The highest BCUT2D eigenvalue weighted by Gasteiger charge is 2.18. The fourth-order valence-corrected chi connectivity index (χ4v) is 4.53. The molecule has 0 atom stereocenters. The van der Waals surface area contributed by atoms with Gasteiger partial charge >= 0.3 is 0 Å². The minimum absolute atomic E-state index is 0.370. The van der Waals surface area contributed by atoms with Crippen LogP contribution >= 0.6 is 11.8 Å². The maximum absolute atomic E-state index is 6.10. The highest BCUT2D eigenvalue weighted by atomic mass is 32.2. The van der Waals surface area contributed by atoms with Crippen LogP contribution in [0.25, 0.3) is 11.2 Å². The fraction of sp³-hybridized carbons (Fsp3) is 0.261. The number of hydrogen-bond donors (Lipinski definition) is 1. The predicted octanol–water partition coefficient (Wildman–Crippen LogP) is 4.44. The van der Waals surface area contributed by atoms with Crippen LogP contribution in [0.4, 0.5) is 5.82 Å². The van der Waals surface area contributed by atoms with Crippen LogP contribution in [0.1, 0.15) is 16.7 Å². The molecule has 2 heterocycles. The van der Waals surface area contributed by atoms with E-state index in [4.69, 9.17) is 20.2 Å². The molecule has 0 amide bonds. The zero-order valence-electron chi connectivity index (χ0n) is 18.0. The van der Waals surface area contributed by atoms with E-state index in [9.17, 15) is 0 Å². The van der Waals surface area contributed by atoms with Gasteiger partial charge in [-0.05, 0) is 61.4 Å². The molecule has 4 rings (SSSR count). The molecule has 0 bridgehead atoms. The van der Waals surface area contributed by atoms with E-state index >= 15 is 0 Å². The van der Waals surface area contributed by atoms with Crippen LogP contribution in [0.15, 0.2) is 52.8 Å². The maximum atomic E-state index is 6.10. The van der Waals surface area contributed by atoms with Crippen LogP contribution in [0.3, 0.4) is 0 Å². The number of methoxy groups -OCH3 is 2. The summed E-state index contributed by atoms with van der Waals surface area (Å²) in [6.45, 7) is 4.96. The molecule has 31 heavy (non-hydrogen) atoms. The second kappa shape index (κ2) is 8.85. The number of benzene rings is 2. The second-order valence-corrected chi connectivity index (χ2v) is 8.29. The van der Waals surface area contributed by atoms with E-state index < -0.39 is 0 Å². The molecule has 2 aromatic heterocycles. The third-order valence-electron chi connectivity index (χ3n) is 5.21. The molecule has 0 unspecified atom stereocenters. The summed E-state index contributed by atoms with van der Waals surface area (Å²) in [5.41, 5.74) is 11.3. The molecule has 160 valence electrons. The van der Waals surface area contributed by atoms with E-state index in [1.165, 1.54) is 34.8 Å². The van der Waals surface area contributed by atoms with Crippen LogP contribution < -0.4 is 15.2 Å². The third-order valence-corrected chi connectivity index (χ3v) is 6.24. The van der Waals surface area contributed by atoms with Gasteiger partial charge in [-0.1, -0.05) is 23.8 Å². The SMILES string of the molecule is COc1ccc(OC)c(Sc2nc3c(N)ncnc3n2CCc2cc(C)ccc2C)c1. The molecule has 8 heteroatoms. The van der Waals surface area contributed by atoms with Gasteiger partial charge < -0.3 is 19.8 Å². The van der Waals surface area contributed by atoms with Gasteiger partial charge in [0.15, 0.2) is 22.1 Å². The van der Waals surface area contributed by atoms with Crippen LogP contribution in [-0.2, 0) is 13.0 Å². The summed E-state index contributed by atoms with van der Waals surface area (Å²) < 4.78 is 13.0. The van der Waals surface area contributed by atoms with Crippen LogP contribution in [-0.4, -0.2) is 33.7 Å². The van der Waals surface area contributed by atoms with E-state index in [0.717, 1.165) is 33.6 Å². The zero-order valence-corrected chi connectivity index (χ0v) is 18.9. The smallest absolute Gasteiger partial charge is 0.175 e. The highest BCUT2D eigenvalue weighted by molar-refractivity contribution is 7.99. The van der Waals surface area contributed by atoms with Crippen molar-refractivity contribution in [1.29, 1.82) is 0 Å². The topological polar surface area (TPSA) is 88.1 Å². The van der Waals surface area contributed by atoms with E-state index in [2.05, 4.69) is 46.6 Å². The Hall–Kier alpha value is -3.26. The molecule has 0 fully saturated rings. The number of ether oxygens (including phenoxy) is 2. The molecular formula is C23H25N5O2S. The Kier molecular flexibility index (Phi) is 5.99. The van der Waals surface area contributed by atoms with E-state index in [-0.39, 0.29) is 0 Å². The summed E-state index contributed by atoms with van der Waals surface area (Å²) in [7, 11) is 3.30. The van der Waals surface area contributed by atoms with Crippen molar-refractivity contribution in [3.63, 3.8) is 0 Å². The lowest BCUT2D eigenvalue weighted by Gasteiger charge is -2.13. The Bertz CT molecular complexity index is 1240. The molecule has 0 aliphatic carbocycles. The lowest BCUT2D eigenvalue weighted by atomic mass is 10.0. The van der Waals surface area contributed by atoms with Gasteiger partial charge in [0.05, 0.1) is 19.1 Å². The van der Waals surface area contributed by atoms with Gasteiger partial charge in [-0.2, -0.15) is 0 Å². The summed E-state index contributed by atoms with van der Waals surface area (Å²) in [5, 5.41) is 0.777. The van der Waals surface area contributed by atoms with Crippen LogP contribution in [0.5, 0.6) is 11.5 Å². The Labute approximate surface area is 185 Å². The first-order valence-corrected chi connectivity index (χ1v) is 10.7. The summed E-state index contributed by atoms with van der Waals surface area (Å²) in [6.07, 6.45) is 2.33. The number of nitrogens with two attached hydrogens (primary N) is 1. The minimum atomic E-state index is 0.370. The molecule has 4 aromatic rings. The Balaban J connectivity index is 1.75. The Morgan fingerprint density at radius 1 is 1.03 bits per heavy atom. The van der Waals surface area contributed by atoms with E-state index in [1.54, 1.807) is 14.2 Å². The Morgan fingerprint density at radius 3 is 2.65 bits per heavy atom. The van der Waals surface area contributed by atoms with Crippen molar-refractivity contribution in [1.82, 2.24) is 19.5 Å². The molecule has 0 aliphatic rings. The van der Waals surface area contributed by atoms with Gasteiger partial charge in [-0.3, -0.25) is 0 Å². The van der Waals surface area contributed by atoms with Crippen molar-refractivity contribution in [2.75, 3.05) is 20.0 Å². The monoisotopic (exact) mass is 435 g/mol. The van der Waals surface area contributed by atoms with E-state index in [0.29, 0.717) is 17.9 Å². The quantitative estimate of drug-likeness (QED) is 0.459. The number of anilines is 1. The maximum Gasteiger partial charge on any atom is 0.175 e. The molecule has 0 radical (unpaired) electrons. The normalized spacial score (nSPS) is 11.1. The van der Waals surface area contributed by atoms with Crippen LogP contribution in [0, 0.1) is 13.8 Å². The summed E-state index contributed by atoms with van der Waals surface area (Å²) in [6, 6.07) is 12.2. The lowest BCUT2D eigenvalue weighted by Crippen LogP contribution is -2.05. The van der Waals surface area contributed by atoms with Gasteiger partial charge in [-0.15, -0.1) is 0 Å². The molecular weight excluding hydrogens is 410 g/mol. The van der Waals surface area contributed by atoms with Gasteiger partial charge in [0, 0.05) is 6.54 Å². The first-order valence-electron chi connectivity index (χ1n) is 9.93. The first-order chi connectivity index (χ1) is 15.0. The van der Waals surface area contributed by atoms with Crippen molar-refractivity contribution in [2.24, 2.45) is 0 Å². The second-order valence-electron chi connectivity index (χ2n) is 7.28. The molecule has 7 nitrogen and oxygen atoms in total. The van der Waals surface area contributed by atoms with Crippen LogP contribution in [0.2, 0.25) is 0 Å². The number of fused-ring (bicyclic) bond motifs is 1. The highest BCUT2D eigenvalue weighted by Crippen LogP contribution is 2.38. The molecule has 0 aliphatic heterocycles. The number of aryl methyl sites for hydroxylation is 4. The van der Waals surface area contributed by atoms with E-state index in [1.807, 2.05) is 18.2 Å². The third kappa shape index (κ3) is 4.29. The molecule has 0 saturated heterocycles. The average Bonchev–Trinajstić information content (AvgIpc) is 3.12.